The molecule has 0 bridgehead atoms. The second-order valence-corrected chi connectivity index (χ2v) is 7.03. The van der Waals surface area contributed by atoms with Gasteiger partial charge in [0, 0.05) is 31.1 Å². The van der Waals surface area contributed by atoms with Crippen molar-refractivity contribution in [3.63, 3.8) is 0 Å². The first kappa shape index (κ1) is 16.6. The molecule has 2 rings (SSSR count). The molecule has 1 fully saturated rings. The summed E-state index contributed by atoms with van der Waals surface area (Å²) < 4.78 is 55.0. The zero-order valence-corrected chi connectivity index (χ0v) is 12.9. The number of piperidine rings is 1. The molecular formula is C13H17ClF2N2O2S. The van der Waals surface area contributed by atoms with Gasteiger partial charge < -0.3 is 0 Å². The summed E-state index contributed by atoms with van der Waals surface area (Å²) in [6.45, 7) is 0.623. The number of hydrogen-bond acceptors (Lipinski definition) is 2. The maximum Gasteiger partial charge on any atom is 0.279 e. The van der Waals surface area contributed by atoms with E-state index in [1.54, 1.807) is 0 Å². The highest BCUT2D eigenvalue weighted by Gasteiger charge is 2.30. The Kier molecular flexibility index (Phi) is 5.54. The van der Waals surface area contributed by atoms with E-state index in [1.165, 1.54) is 22.5 Å². The lowest BCUT2D eigenvalue weighted by molar-refractivity contribution is 0.308. The van der Waals surface area contributed by atoms with Crippen LogP contribution in [0, 0.1) is 11.6 Å². The predicted octanol–water partition coefficient (Wildman–Crippen LogP) is 2.22. The van der Waals surface area contributed by atoms with E-state index in [1.807, 2.05) is 0 Å². The second kappa shape index (κ2) is 7.00. The van der Waals surface area contributed by atoms with Crippen LogP contribution in [0.1, 0.15) is 24.3 Å². The first-order valence-electron chi connectivity index (χ1n) is 6.70. The number of benzene rings is 1. The van der Waals surface area contributed by atoms with E-state index in [-0.39, 0.29) is 37.0 Å². The molecule has 0 saturated carbocycles. The van der Waals surface area contributed by atoms with Gasteiger partial charge in [-0.15, -0.1) is 11.6 Å². The van der Waals surface area contributed by atoms with E-state index in [4.69, 9.17) is 11.6 Å². The molecule has 0 aliphatic carbocycles. The van der Waals surface area contributed by atoms with Crippen molar-refractivity contribution < 1.29 is 17.2 Å². The van der Waals surface area contributed by atoms with Crippen molar-refractivity contribution in [2.24, 2.45) is 0 Å². The lowest BCUT2D eigenvalue weighted by atomic mass is 9.89. The average Bonchev–Trinajstić information content (AvgIpc) is 2.45. The molecule has 1 aromatic rings. The highest BCUT2D eigenvalue weighted by molar-refractivity contribution is 7.87. The van der Waals surface area contributed by atoms with E-state index in [2.05, 4.69) is 4.72 Å². The number of alkyl halides is 1. The minimum atomic E-state index is -3.56. The van der Waals surface area contributed by atoms with Gasteiger partial charge in [-0.3, -0.25) is 0 Å². The molecular weight excluding hydrogens is 322 g/mol. The minimum absolute atomic E-state index is 0.0586. The van der Waals surface area contributed by atoms with Crippen LogP contribution in [0.2, 0.25) is 0 Å². The summed E-state index contributed by atoms with van der Waals surface area (Å²) in [7, 11) is -3.56. The topological polar surface area (TPSA) is 49.4 Å². The van der Waals surface area contributed by atoms with Gasteiger partial charge in [0.15, 0.2) is 0 Å². The molecule has 0 atom stereocenters. The molecule has 8 heteroatoms. The summed E-state index contributed by atoms with van der Waals surface area (Å²) >= 11 is 5.46. The van der Waals surface area contributed by atoms with Gasteiger partial charge in [0.25, 0.3) is 10.2 Å². The van der Waals surface area contributed by atoms with Gasteiger partial charge in [0.1, 0.15) is 11.6 Å². The van der Waals surface area contributed by atoms with Gasteiger partial charge in [-0.25, -0.2) is 13.5 Å². The Hall–Kier alpha value is -0.760. The quantitative estimate of drug-likeness (QED) is 0.837. The number of nitrogens with zero attached hydrogens (tertiary/aromatic N) is 1. The van der Waals surface area contributed by atoms with Crippen LogP contribution in [0.4, 0.5) is 8.78 Å². The Bertz CT molecular complexity index is 570. The smallest absolute Gasteiger partial charge is 0.207 e. The van der Waals surface area contributed by atoms with Crippen molar-refractivity contribution in [3.05, 3.63) is 35.4 Å². The fraction of sp³-hybridized carbons (Fsp3) is 0.538. The van der Waals surface area contributed by atoms with Gasteiger partial charge in [0.2, 0.25) is 0 Å². The molecule has 1 saturated heterocycles. The zero-order chi connectivity index (χ0) is 15.5. The van der Waals surface area contributed by atoms with E-state index < -0.39 is 21.8 Å². The zero-order valence-electron chi connectivity index (χ0n) is 11.4. The number of nitrogens with one attached hydrogen (secondary N) is 1. The lowest BCUT2D eigenvalue weighted by Crippen LogP contribution is -2.45. The third-order valence-electron chi connectivity index (χ3n) is 3.58. The summed E-state index contributed by atoms with van der Waals surface area (Å²) in [4.78, 5) is 0. The van der Waals surface area contributed by atoms with Crippen LogP contribution in [-0.2, 0) is 10.2 Å². The summed E-state index contributed by atoms with van der Waals surface area (Å²) in [5, 5.41) is 0. The number of rotatable bonds is 5. The third kappa shape index (κ3) is 3.91. The highest BCUT2D eigenvalue weighted by atomic mass is 35.5. The van der Waals surface area contributed by atoms with E-state index in [0.29, 0.717) is 12.8 Å². The second-order valence-electron chi connectivity index (χ2n) is 4.90. The monoisotopic (exact) mass is 338 g/mol. The van der Waals surface area contributed by atoms with Crippen LogP contribution in [-0.4, -0.2) is 38.2 Å². The predicted molar refractivity (Wildman–Crippen MR) is 77.5 cm³/mol. The first-order chi connectivity index (χ1) is 9.95. The molecule has 1 aliphatic rings. The van der Waals surface area contributed by atoms with Crippen molar-refractivity contribution in [2.45, 2.75) is 18.8 Å². The minimum Gasteiger partial charge on any atom is -0.207 e. The lowest BCUT2D eigenvalue weighted by Gasteiger charge is -2.31. The normalized spacial score (nSPS) is 18.0. The van der Waals surface area contributed by atoms with Gasteiger partial charge in [-0.05, 0) is 30.9 Å². The Morgan fingerprint density at radius 3 is 2.33 bits per heavy atom. The number of hydrogen-bond donors (Lipinski definition) is 1. The largest absolute Gasteiger partial charge is 0.279 e. The first-order valence-corrected chi connectivity index (χ1v) is 8.68. The van der Waals surface area contributed by atoms with Crippen LogP contribution < -0.4 is 4.72 Å². The highest BCUT2D eigenvalue weighted by Crippen LogP contribution is 2.32. The molecule has 4 nitrogen and oxygen atoms in total. The standard InChI is InChI=1S/C13H17ClF2N2O2S/c14-6-7-17-21(19,20)18-8-4-10(5-9-18)13-11(15)2-1-3-12(13)16/h1-3,10,17H,4-9H2. The maximum absolute atomic E-state index is 13.7. The summed E-state index contributed by atoms with van der Waals surface area (Å²) in [6.07, 6.45) is 0.777. The Balaban J connectivity index is 2.04. The molecule has 118 valence electrons. The molecule has 1 heterocycles. The average molecular weight is 339 g/mol. The van der Waals surface area contributed by atoms with Crippen LogP contribution in [0.25, 0.3) is 0 Å². The van der Waals surface area contributed by atoms with Crippen molar-refractivity contribution in [2.75, 3.05) is 25.5 Å². The van der Waals surface area contributed by atoms with Crippen molar-refractivity contribution >= 4 is 21.8 Å². The van der Waals surface area contributed by atoms with Crippen molar-refractivity contribution in [1.29, 1.82) is 0 Å². The summed E-state index contributed by atoms with van der Waals surface area (Å²) in [5.74, 6) is -1.25. The van der Waals surface area contributed by atoms with Crippen LogP contribution in [0.15, 0.2) is 18.2 Å². The van der Waals surface area contributed by atoms with E-state index in [0.717, 1.165) is 0 Å². The fourth-order valence-corrected chi connectivity index (χ4v) is 3.99. The van der Waals surface area contributed by atoms with Crippen LogP contribution in [0.3, 0.4) is 0 Å². The Morgan fingerprint density at radius 2 is 1.81 bits per heavy atom. The van der Waals surface area contributed by atoms with Crippen molar-refractivity contribution in [1.82, 2.24) is 9.03 Å². The molecule has 0 spiro atoms. The SMILES string of the molecule is O=S(=O)(NCCCl)N1CCC(c2c(F)cccc2F)CC1. The molecule has 1 aliphatic heterocycles. The van der Waals surface area contributed by atoms with Crippen molar-refractivity contribution in [3.8, 4) is 0 Å². The van der Waals surface area contributed by atoms with Gasteiger partial charge in [-0.1, -0.05) is 6.07 Å². The molecule has 0 aromatic heterocycles. The summed E-state index contributed by atoms with van der Waals surface area (Å²) in [5.41, 5.74) is 0.0586. The molecule has 0 unspecified atom stereocenters. The number of halogens is 3. The molecule has 0 amide bonds. The molecule has 0 radical (unpaired) electrons. The summed E-state index contributed by atoms with van der Waals surface area (Å²) in [6, 6.07) is 3.77. The molecule has 21 heavy (non-hydrogen) atoms. The van der Waals surface area contributed by atoms with Gasteiger partial charge in [-0.2, -0.15) is 12.7 Å². The van der Waals surface area contributed by atoms with Gasteiger partial charge >= 0.3 is 0 Å². The Labute approximate surface area is 128 Å². The third-order valence-corrected chi connectivity index (χ3v) is 5.38. The fourth-order valence-electron chi connectivity index (χ4n) is 2.54. The molecule has 1 N–H and O–H groups in total. The van der Waals surface area contributed by atoms with E-state index >= 15 is 0 Å². The van der Waals surface area contributed by atoms with Gasteiger partial charge in [0.05, 0.1) is 0 Å². The molecule has 1 aromatic carbocycles. The van der Waals surface area contributed by atoms with E-state index in [9.17, 15) is 17.2 Å². The van der Waals surface area contributed by atoms with Crippen LogP contribution in [0.5, 0.6) is 0 Å². The maximum atomic E-state index is 13.7. The van der Waals surface area contributed by atoms with Crippen LogP contribution >= 0.6 is 11.6 Å². The Morgan fingerprint density at radius 1 is 1.24 bits per heavy atom.